The highest BCUT2D eigenvalue weighted by atomic mass is 32.1. The first-order valence-corrected chi connectivity index (χ1v) is 5.70. The van der Waals surface area contributed by atoms with Gasteiger partial charge in [-0.2, -0.15) is 0 Å². The van der Waals surface area contributed by atoms with Crippen molar-refractivity contribution in [2.45, 2.75) is 6.92 Å². The number of aromatic nitrogens is 2. The van der Waals surface area contributed by atoms with Crippen molar-refractivity contribution in [3.8, 4) is 0 Å². The van der Waals surface area contributed by atoms with Gasteiger partial charge >= 0.3 is 0 Å². The number of nitrogens with zero attached hydrogens (tertiary/aromatic N) is 2. The fraction of sp³-hybridized carbons (Fsp3) is 0.167. The van der Waals surface area contributed by atoms with Crippen LogP contribution in [0.2, 0.25) is 0 Å². The zero-order valence-corrected chi connectivity index (χ0v) is 9.51. The number of rotatable bonds is 0. The van der Waals surface area contributed by atoms with Crippen LogP contribution in [-0.2, 0) is 7.05 Å². The van der Waals surface area contributed by atoms with E-state index >= 15 is 0 Å². The van der Waals surface area contributed by atoms with Crippen LogP contribution in [0.1, 0.15) is 5.69 Å². The molecule has 0 aliphatic rings. The first-order valence-electron chi connectivity index (χ1n) is 4.88. The van der Waals surface area contributed by atoms with Crippen LogP contribution in [0.15, 0.2) is 30.7 Å². The minimum Gasteiger partial charge on any atom is -0.264 e. The zero-order valence-electron chi connectivity index (χ0n) is 8.69. The van der Waals surface area contributed by atoms with Crippen molar-refractivity contribution >= 4 is 31.5 Å². The Morgan fingerprint density at radius 3 is 3.00 bits per heavy atom. The molecule has 0 saturated heterocycles. The molecule has 0 bridgehead atoms. The molecule has 0 amide bonds. The van der Waals surface area contributed by atoms with E-state index in [0.29, 0.717) is 0 Å². The molecule has 3 aromatic heterocycles. The molecule has 0 aliphatic heterocycles. The molecule has 0 spiro atoms. The van der Waals surface area contributed by atoms with Crippen LogP contribution < -0.4 is 4.57 Å². The van der Waals surface area contributed by atoms with Gasteiger partial charge in [-0.05, 0) is 6.07 Å². The number of aryl methyl sites for hydroxylation is 2. The first-order chi connectivity index (χ1) is 7.25. The van der Waals surface area contributed by atoms with Crippen molar-refractivity contribution in [1.29, 1.82) is 0 Å². The minimum absolute atomic E-state index is 1.26. The van der Waals surface area contributed by atoms with Gasteiger partial charge in [0.2, 0.25) is 0 Å². The van der Waals surface area contributed by atoms with Gasteiger partial charge in [-0.1, -0.05) is 0 Å². The molecule has 3 heteroatoms. The van der Waals surface area contributed by atoms with Gasteiger partial charge in [0.15, 0.2) is 11.9 Å². The summed E-state index contributed by atoms with van der Waals surface area (Å²) in [6.45, 7) is 2.13. The highest BCUT2D eigenvalue weighted by Crippen LogP contribution is 2.32. The fourth-order valence-electron chi connectivity index (χ4n) is 1.81. The van der Waals surface area contributed by atoms with Crippen molar-refractivity contribution in [2.75, 3.05) is 0 Å². The van der Waals surface area contributed by atoms with Crippen molar-refractivity contribution in [2.24, 2.45) is 7.05 Å². The van der Waals surface area contributed by atoms with E-state index in [9.17, 15) is 0 Å². The third-order valence-corrected chi connectivity index (χ3v) is 3.91. The van der Waals surface area contributed by atoms with Crippen LogP contribution in [-0.4, -0.2) is 4.98 Å². The summed E-state index contributed by atoms with van der Waals surface area (Å²) in [7, 11) is 2.08. The summed E-state index contributed by atoms with van der Waals surface area (Å²) in [6.07, 6.45) is 5.99. The highest BCUT2D eigenvalue weighted by molar-refractivity contribution is 7.25. The van der Waals surface area contributed by atoms with Gasteiger partial charge in [-0.25, -0.2) is 4.57 Å². The van der Waals surface area contributed by atoms with E-state index in [0.717, 1.165) is 0 Å². The van der Waals surface area contributed by atoms with E-state index in [-0.39, 0.29) is 0 Å². The Morgan fingerprint density at radius 2 is 2.13 bits per heavy atom. The van der Waals surface area contributed by atoms with Gasteiger partial charge in [0, 0.05) is 40.2 Å². The average molecular weight is 215 g/mol. The van der Waals surface area contributed by atoms with Crippen LogP contribution in [0.25, 0.3) is 20.2 Å². The number of pyridine rings is 2. The Balaban J connectivity index is 2.56. The number of hydrogen-bond donors (Lipinski definition) is 0. The predicted octanol–water partition coefficient (Wildman–Crippen LogP) is 2.58. The smallest absolute Gasteiger partial charge is 0.179 e. The van der Waals surface area contributed by atoms with Crippen LogP contribution >= 0.6 is 11.3 Å². The van der Waals surface area contributed by atoms with Gasteiger partial charge in [-0.3, -0.25) is 4.98 Å². The third kappa shape index (κ3) is 1.23. The first kappa shape index (κ1) is 8.80. The van der Waals surface area contributed by atoms with Crippen molar-refractivity contribution in [1.82, 2.24) is 4.98 Å². The molecule has 0 atom stereocenters. The molecule has 15 heavy (non-hydrogen) atoms. The van der Waals surface area contributed by atoms with Crippen LogP contribution in [0.4, 0.5) is 0 Å². The Bertz CT molecular complexity index is 655. The van der Waals surface area contributed by atoms with E-state index < -0.39 is 0 Å². The standard InChI is InChI=1S/C12H11N2S/c1-8-5-12-10(7-14(8)2)9-6-13-4-3-11(9)15-12/h3-7H,1-2H3/q+1. The third-order valence-electron chi connectivity index (χ3n) is 2.78. The van der Waals surface area contributed by atoms with E-state index in [2.05, 4.69) is 41.9 Å². The molecular weight excluding hydrogens is 204 g/mol. The summed E-state index contributed by atoms with van der Waals surface area (Å²) in [5.41, 5.74) is 1.28. The van der Waals surface area contributed by atoms with Gasteiger partial charge < -0.3 is 0 Å². The van der Waals surface area contributed by atoms with E-state index in [1.54, 1.807) is 0 Å². The molecule has 0 N–H and O–H groups in total. The van der Waals surface area contributed by atoms with Crippen molar-refractivity contribution < 1.29 is 4.57 Å². The fourth-order valence-corrected chi connectivity index (χ4v) is 2.95. The molecule has 74 valence electrons. The lowest BCUT2D eigenvalue weighted by atomic mass is 10.2. The highest BCUT2D eigenvalue weighted by Gasteiger charge is 2.10. The minimum atomic E-state index is 1.26. The molecule has 0 fully saturated rings. The second-order valence-electron chi connectivity index (χ2n) is 3.78. The van der Waals surface area contributed by atoms with Crippen molar-refractivity contribution in [3.05, 3.63) is 36.4 Å². The van der Waals surface area contributed by atoms with Gasteiger partial charge in [0.25, 0.3) is 0 Å². The summed E-state index contributed by atoms with van der Waals surface area (Å²) < 4.78 is 4.81. The van der Waals surface area contributed by atoms with Gasteiger partial charge in [-0.15, -0.1) is 11.3 Å². The molecule has 0 radical (unpaired) electrons. The molecule has 0 aliphatic carbocycles. The van der Waals surface area contributed by atoms with E-state index in [1.807, 2.05) is 23.7 Å². The Kier molecular flexibility index (Phi) is 1.76. The van der Waals surface area contributed by atoms with Gasteiger partial charge in [0.1, 0.15) is 7.05 Å². The number of thiophene rings is 1. The summed E-state index contributed by atoms with van der Waals surface area (Å²) in [5.74, 6) is 0. The van der Waals surface area contributed by atoms with Crippen molar-refractivity contribution in [3.63, 3.8) is 0 Å². The predicted molar refractivity (Wildman–Crippen MR) is 63.0 cm³/mol. The largest absolute Gasteiger partial charge is 0.264 e. The number of hydrogen-bond acceptors (Lipinski definition) is 2. The Morgan fingerprint density at radius 1 is 1.27 bits per heavy atom. The maximum absolute atomic E-state index is 4.18. The average Bonchev–Trinajstić information content (AvgIpc) is 2.57. The molecule has 0 unspecified atom stereocenters. The number of fused-ring (bicyclic) bond motifs is 3. The molecule has 3 rings (SSSR count). The van der Waals surface area contributed by atoms with Crippen LogP contribution in [0.5, 0.6) is 0 Å². The van der Waals surface area contributed by atoms with E-state index in [4.69, 9.17) is 0 Å². The summed E-state index contributed by atoms with van der Waals surface area (Å²) in [6, 6.07) is 4.31. The lowest BCUT2D eigenvalue weighted by molar-refractivity contribution is -0.676. The Labute approximate surface area is 91.8 Å². The Hall–Kier alpha value is -1.48. The van der Waals surface area contributed by atoms with Gasteiger partial charge in [0.05, 0.1) is 5.39 Å². The van der Waals surface area contributed by atoms with Crippen LogP contribution in [0, 0.1) is 6.92 Å². The van der Waals surface area contributed by atoms with Crippen LogP contribution in [0.3, 0.4) is 0 Å². The SMILES string of the molecule is Cc1cc2sc3ccncc3c2c[n+]1C. The molecule has 3 aromatic rings. The molecule has 0 saturated carbocycles. The summed E-state index contributed by atoms with van der Waals surface area (Å²) >= 11 is 1.83. The summed E-state index contributed by atoms with van der Waals surface area (Å²) in [5, 5.41) is 2.56. The zero-order chi connectivity index (χ0) is 10.4. The maximum Gasteiger partial charge on any atom is 0.179 e. The monoisotopic (exact) mass is 215 g/mol. The van der Waals surface area contributed by atoms with E-state index in [1.165, 1.54) is 25.9 Å². The molecule has 2 nitrogen and oxygen atoms in total. The second-order valence-corrected chi connectivity index (χ2v) is 4.86. The summed E-state index contributed by atoms with van der Waals surface area (Å²) in [4.78, 5) is 4.18. The lowest BCUT2D eigenvalue weighted by Gasteiger charge is -1.93. The molecule has 0 aromatic carbocycles. The maximum atomic E-state index is 4.18. The molecule has 3 heterocycles. The second kappa shape index (κ2) is 3.00. The molecular formula is C12H11N2S+. The quantitative estimate of drug-likeness (QED) is 0.527. The lowest BCUT2D eigenvalue weighted by Crippen LogP contribution is -2.30. The normalized spacial score (nSPS) is 11.3. The topological polar surface area (TPSA) is 16.8 Å².